The van der Waals surface area contributed by atoms with Crippen LogP contribution in [0.5, 0.6) is 0 Å². The maximum Gasteiger partial charge on any atom is 0.407 e. The number of nitrogens with one attached hydrogen (secondary N) is 1. The topological polar surface area (TPSA) is 72.5 Å². The lowest BCUT2D eigenvalue weighted by molar-refractivity contribution is 0.0506. The van der Waals surface area contributed by atoms with Gasteiger partial charge in [0.25, 0.3) is 0 Å². The first-order valence-electron chi connectivity index (χ1n) is 7.95. The molecule has 0 spiro atoms. The van der Waals surface area contributed by atoms with Crippen LogP contribution in [0.25, 0.3) is 0 Å². The summed E-state index contributed by atoms with van der Waals surface area (Å²) >= 11 is 0. The van der Waals surface area contributed by atoms with Crippen LogP contribution in [0.4, 0.5) is 8.68 Å². The molecule has 0 aliphatic heterocycles. The van der Waals surface area contributed by atoms with Crippen LogP contribution >= 0.6 is 0 Å². The van der Waals surface area contributed by atoms with Gasteiger partial charge in [-0.05, 0) is 27.2 Å². The molecule has 0 bridgehead atoms. The highest BCUT2D eigenvalue weighted by Gasteiger charge is 2.23. The van der Waals surface area contributed by atoms with Crippen LogP contribution in [-0.2, 0) is 15.0 Å². The average Bonchev–Trinajstić information content (AvgIpc) is 2.28. The molecule has 0 aromatic heterocycles. The fourth-order valence-corrected chi connectivity index (χ4v) is 2.81. The van der Waals surface area contributed by atoms with Gasteiger partial charge in [0.1, 0.15) is 11.4 Å². The molecule has 132 valence electrons. The van der Waals surface area contributed by atoms with Crippen molar-refractivity contribution in [2.24, 2.45) is 0 Å². The molecule has 0 aromatic carbocycles. The lowest BCUT2D eigenvalue weighted by Crippen LogP contribution is -2.42. The van der Waals surface area contributed by atoms with Gasteiger partial charge in [-0.2, -0.15) is 8.42 Å². The maximum absolute atomic E-state index is 12.9. The van der Waals surface area contributed by atoms with E-state index < -0.39 is 33.7 Å². The van der Waals surface area contributed by atoms with Crippen LogP contribution in [0.3, 0.4) is 0 Å². The van der Waals surface area contributed by atoms with Gasteiger partial charge in [0.05, 0.1) is 0 Å². The van der Waals surface area contributed by atoms with Gasteiger partial charge in [0.2, 0.25) is 0 Å². The first-order chi connectivity index (χ1) is 10.0. The number of halogens is 1. The smallest absolute Gasteiger partial charge is 0.407 e. The van der Waals surface area contributed by atoms with Crippen molar-refractivity contribution < 1.29 is 21.8 Å². The van der Waals surface area contributed by atoms with Gasteiger partial charge in [-0.25, -0.2) is 4.79 Å². The second-order valence-corrected chi connectivity index (χ2v) is 8.02. The van der Waals surface area contributed by atoms with Crippen LogP contribution in [0.2, 0.25) is 0 Å². The van der Waals surface area contributed by atoms with Crippen LogP contribution in [0.15, 0.2) is 0 Å². The molecule has 0 fully saturated rings. The van der Waals surface area contributed by atoms with Crippen LogP contribution in [-0.4, -0.2) is 31.9 Å². The zero-order valence-electron chi connectivity index (χ0n) is 14.2. The van der Waals surface area contributed by atoms with Crippen LogP contribution < -0.4 is 5.32 Å². The van der Waals surface area contributed by atoms with Crippen molar-refractivity contribution in [3.8, 4) is 0 Å². The Bertz CT molecular complexity index is 418. The Hall–Kier alpha value is -0.850. The van der Waals surface area contributed by atoms with E-state index in [1.54, 1.807) is 20.8 Å². The molecule has 1 unspecified atom stereocenters. The van der Waals surface area contributed by atoms with E-state index in [2.05, 4.69) is 12.2 Å². The minimum Gasteiger partial charge on any atom is -0.444 e. The highest BCUT2D eigenvalue weighted by atomic mass is 32.3. The summed E-state index contributed by atoms with van der Waals surface area (Å²) in [6.45, 7) is 7.26. The third kappa shape index (κ3) is 14.1. The van der Waals surface area contributed by atoms with Crippen molar-refractivity contribution in [3.63, 3.8) is 0 Å². The molecular weight excluding hydrogens is 309 g/mol. The van der Waals surface area contributed by atoms with Crippen LogP contribution in [0.1, 0.15) is 72.6 Å². The van der Waals surface area contributed by atoms with Gasteiger partial charge in [0, 0.05) is 6.04 Å². The van der Waals surface area contributed by atoms with Crippen molar-refractivity contribution in [2.45, 2.75) is 84.3 Å². The predicted molar refractivity (Wildman–Crippen MR) is 86.0 cm³/mol. The fraction of sp³-hybridized carbons (Fsp3) is 0.933. The molecule has 0 heterocycles. The van der Waals surface area contributed by atoms with E-state index in [1.165, 1.54) is 6.42 Å². The zero-order chi connectivity index (χ0) is 17.2. The Morgan fingerprint density at radius 2 is 1.68 bits per heavy atom. The minimum atomic E-state index is -4.63. The number of carbonyl (C=O) groups excluding carboxylic acids is 1. The molecule has 7 heteroatoms. The average molecular weight is 339 g/mol. The summed E-state index contributed by atoms with van der Waals surface area (Å²) in [7, 11) is -4.63. The van der Waals surface area contributed by atoms with E-state index in [0.29, 0.717) is 6.42 Å². The highest BCUT2D eigenvalue weighted by molar-refractivity contribution is 7.86. The second-order valence-electron chi connectivity index (χ2n) is 6.61. The molecule has 0 aliphatic rings. The molecular formula is C15H30FNO4S. The first kappa shape index (κ1) is 21.1. The summed E-state index contributed by atoms with van der Waals surface area (Å²) in [5, 5.41) is 2.45. The number of ether oxygens (including phenoxy) is 1. The number of hydrogen-bond donors (Lipinski definition) is 1. The maximum atomic E-state index is 12.9. The van der Waals surface area contributed by atoms with Gasteiger partial charge < -0.3 is 10.1 Å². The quantitative estimate of drug-likeness (QED) is 0.483. The normalized spacial score (nSPS) is 13.7. The van der Waals surface area contributed by atoms with Crippen molar-refractivity contribution in [1.29, 1.82) is 0 Å². The van der Waals surface area contributed by atoms with Gasteiger partial charge in [-0.15, -0.1) is 3.89 Å². The molecule has 0 radical (unpaired) electrons. The summed E-state index contributed by atoms with van der Waals surface area (Å²) in [5.41, 5.74) is -0.677. The Morgan fingerprint density at radius 1 is 1.14 bits per heavy atom. The summed E-state index contributed by atoms with van der Waals surface area (Å²) < 4.78 is 39.6. The van der Waals surface area contributed by atoms with Crippen molar-refractivity contribution >= 4 is 16.3 Å². The molecule has 1 amide bonds. The van der Waals surface area contributed by atoms with E-state index >= 15 is 0 Å². The number of unbranched alkanes of at least 4 members (excludes halogenated alkanes) is 5. The van der Waals surface area contributed by atoms with E-state index in [4.69, 9.17) is 4.74 Å². The molecule has 0 rings (SSSR count). The molecule has 0 aliphatic carbocycles. The van der Waals surface area contributed by atoms with Crippen molar-refractivity contribution in [1.82, 2.24) is 5.32 Å². The molecule has 5 nitrogen and oxygen atoms in total. The predicted octanol–water partition coefficient (Wildman–Crippen LogP) is 3.93. The number of amides is 1. The molecule has 1 atom stereocenters. The van der Waals surface area contributed by atoms with Gasteiger partial charge >= 0.3 is 16.3 Å². The first-order valence-corrected chi connectivity index (χ1v) is 9.50. The summed E-state index contributed by atoms with van der Waals surface area (Å²) in [5.74, 6) is -0.707. The zero-order valence-corrected chi connectivity index (χ0v) is 15.0. The van der Waals surface area contributed by atoms with Crippen molar-refractivity contribution in [3.05, 3.63) is 0 Å². The molecule has 1 N–H and O–H groups in total. The summed E-state index contributed by atoms with van der Waals surface area (Å²) in [4.78, 5) is 11.7. The number of alkyl carbamates (subject to hydrolysis) is 1. The van der Waals surface area contributed by atoms with Gasteiger partial charge in [-0.3, -0.25) is 0 Å². The van der Waals surface area contributed by atoms with Gasteiger partial charge in [0.15, 0.2) is 0 Å². The fourth-order valence-electron chi connectivity index (χ4n) is 2.08. The lowest BCUT2D eigenvalue weighted by atomic mass is 10.1. The number of rotatable bonds is 10. The summed E-state index contributed by atoms with van der Waals surface area (Å²) in [6.07, 6.45) is 5.94. The van der Waals surface area contributed by atoms with E-state index in [1.807, 2.05) is 0 Å². The summed E-state index contributed by atoms with van der Waals surface area (Å²) in [6, 6.07) is -0.754. The minimum absolute atomic E-state index is 0.425. The Labute approximate surface area is 134 Å². The number of carbonyl (C=O) groups is 1. The van der Waals surface area contributed by atoms with E-state index in [9.17, 15) is 17.1 Å². The monoisotopic (exact) mass is 339 g/mol. The lowest BCUT2D eigenvalue weighted by Gasteiger charge is -2.23. The van der Waals surface area contributed by atoms with E-state index in [0.717, 1.165) is 32.1 Å². The number of hydrogen-bond acceptors (Lipinski definition) is 4. The standard InChI is InChI=1S/C15H30FNO4S/c1-5-6-7-8-9-10-11-13(12-22(16,19)20)17-14(18)21-15(2,3)4/h13H,5-12H2,1-4H3,(H,17,18). The third-order valence-corrected chi connectivity index (χ3v) is 3.83. The van der Waals surface area contributed by atoms with Crippen molar-refractivity contribution in [2.75, 3.05) is 5.75 Å². The van der Waals surface area contributed by atoms with Crippen LogP contribution in [0, 0.1) is 0 Å². The second kappa shape index (κ2) is 10.0. The Morgan fingerprint density at radius 3 is 2.18 bits per heavy atom. The Balaban J connectivity index is 4.30. The molecule has 0 saturated carbocycles. The SMILES string of the molecule is CCCCCCCCC(CS(=O)(=O)F)NC(=O)OC(C)(C)C. The molecule has 22 heavy (non-hydrogen) atoms. The molecule has 0 saturated heterocycles. The molecule has 0 aromatic rings. The third-order valence-electron chi connectivity index (χ3n) is 3.03. The highest BCUT2D eigenvalue weighted by Crippen LogP contribution is 2.12. The van der Waals surface area contributed by atoms with Gasteiger partial charge in [-0.1, -0.05) is 45.4 Å². The Kier molecular flexibility index (Phi) is 9.64. The largest absolute Gasteiger partial charge is 0.444 e. The van der Waals surface area contributed by atoms with E-state index in [-0.39, 0.29) is 0 Å².